The van der Waals surface area contributed by atoms with Gasteiger partial charge in [0.15, 0.2) is 0 Å². The van der Waals surface area contributed by atoms with E-state index in [1.807, 2.05) is 25.7 Å². The van der Waals surface area contributed by atoms with E-state index in [1.54, 1.807) is 0 Å². The van der Waals surface area contributed by atoms with Crippen molar-refractivity contribution in [1.29, 1.82) is 0 Å². The van der Waals surface area contributed by atoms with Crippen LogP contribution >= 0.6 is 0 Å². The second kappa shape index (κ2) is 6.82. The fraction of sp³-hybridized carbons (Fsp3) is 0.909. The third-order valence-electron chi connectivity index (χ3n) is 2.48. The molecule has 0 aromatic carbocycles. The minimum absolute atomic E-state index is 0.0935. The highest BCUT2D eigenvalue weighted by Crippen LogP contribution is 2.04. The first kappa shape index (κ1) is 13.4. The number of rotatable bonds is 6. The minimum atomic E-state index is -0.341. The molecular formula is C11H24N2O. The van der Waals surface area contributed by atoms with E-state index >= 15 is 0 Å². The summed E-state index contributed by atoms with van der Waals surface area (Å²) in [4.78, 5) is 13.7. The van der Waals surface area contributed by atoms with Crippen molar-refractivity contribution < 1.29 is 4.79 Å². The van der Waals surface area contributed by atoms with E-state index in [9.17, 15) is 4.79 Å². The zero-order chi connectivity index (χ0) is 11.1. The third-order valence-corrected chi connectivity index (χ3v) is 2.48. The quantitative estimate of drug-likeness (QED) is 0.708. The molecule has 1 unspecified atom stereocenters. The van der Waals surface area contributed by atoms with Crippen molar-refractivity contribution in [3.05, 3.63) is 0 Å². The Bertz CT molecular complexity index is 169. The van der Waals surface area contributed by atoms with Gasteiger partial charge in [0.1, 0.15) is 0 Å². The van der Waals surface area contributed by atoms with Crippen LogP contribution in [-0.2, 0) is 4.79 Å². The molecule has 0 aromatic rings. The Balaban J connectivity index is 4.16. The standard InChI is InChI=1S/C11H24N2O/c1-5-7-8-13(6-2)11(14)10(12)9(3)4/h9-10H,5-8,12H2,1-4H3. The van der Waals surface area contributed by atoms with E-state index in [0.29, 0.717) is 0 Å². The normalized spacial score (nSPS) is 13.0. The molecule has 1 amide bonds. The average molecular weight is 200 g/mol. The Morgan fingerprint density at radius 3 is 2.29 bits per heavy atom. The number of carbonyl (C=O) groups excluding carboxylic acids is 1. The van der Waals surface area contributed by atoms with Crippen LogP contribution in [0.4, 0.5) is 0 Å². The van der Waals surface area contributed by atoms with Crippen molar-refractivity contribution in [2.45, 2.75) is 46.6 Å². The van der Waals surface area contributed by atoms with Gasteiger partial charge in [-0.25, -0.2) is 0 Å². The zero-order valence-corrected chi connectivity index (χ0v) is 9.92. The number of amides is 1. The van der Waals surface area contributed by atoms with Gasteiger partial charge in [0.05, 0.1) is 6.04 Å². The second-order valence-electron chi connectivity index (χ2n) is 4.04. The van der Waals surface area contributed by atoms with E-state index in [2.05, 4.69) is 6.92 Å². The lowest BCUT2D eigenvalue weighted by atomic mass is 10.0. The van der Waals surface area contributed by atoms with Crippen LogP contribution in [0.3, 0.4) is 0 Å². The number of unbranched alkanes of at least 4 members (excludes halogenated alkanes) is 1. The van der Waals surface area contributed by atoms with Gasteiger partial charge in [0.25, 0.3) is 0 Å². The Morgan fingerprint density at radius 1 is 1.36 bits per heavy atom. The summed E-state index contributed by atoms with van der Waals surface area (Å²) in [7, 11) is 0. The average Bonchev–Trinajstić information content (AvgIpc) is 2.17. The first-order chi connectivity index (χ1) is 6.54. The number of nitrogens with zero attached hydrogens (tertiary/aromatic N) is 1. The number of likely N-dealkylation sites (N-methyl/N-ethyl adjacent to an activating group) is 1. The molecule has 0 saturated carbocycles. The monoisotopic (exact) mass is 200 g/mol. The lowest BCUT2D eigenvalue weighted by molar-refractivity contribution is -0.133. The van der Waals surface area contributed by atoms with Crippen molar-refractivity contribution in [3.8, 4) is 0 Å². The maximum atomic E-state index is 11.8. The first-order valence-electron chi connectivity index (χ1n) is 5.58. The Labute approximate surface area is 87.6 Å². The molecule has 3 nitrogen and oxygen atoms in total. The maximum Gasteiger partial charge on any atom is 0.239 e. The van der Waals surface area contributed by atoms with Crippen LogP contribution in [0.1, 0.15) is 40.5 Å². The van der Waals surface area contributed by atoms with Crippen LogP contribution in [-0.4, -0.2) is 29.9 Å². The van der Waals surface area contributed by atoms with Crippen LogP contribution < -0.4 is 5.73 Å². The Hall–Kier alpha value is -0.570. The summed E-state index contributed by atoms with van der Waals surface area (Å²) in [6, 6.07) is -0.341. The van der Waals surface area contributed by atoms with Gasteiger partial charge in [0, 0.05) is 13.1 Å². The molecule has 0 heterocycles. The molecule has 0 aromatic heterocycles. The number of hydrogen-bond acceptors (Lipinski definition) is 2. The van der Waals surface area contributed by atoms with Crippen LogP contribution in [0.15, 0.2) is 0 Å². The highest BCUT2D eigenvalue weighted by Gasteiger charge is 2.21. The molecule has 0 aliphatic rings. The summed E-state index contributed by atoms with van der Waals surface area (Å²) in [5.41, 5.74) is 5.82. The molecule has 0 aliphatic heterocycles. The molecular weight excluding hydrogens is 176 g/mol. The molecule has 1 atom stereocenters. The molecule has 0 saturated heterocycles. The van der Waals surface area contributed by atoms with Crippen LogP contribution in [0.2, 0.25) is 0 Å². The van der Waals surface area contributed by atoms with Crippen molar-refractivity contribution in [2.75, 3.05) is 13.1 Å². The van der Waals surface area contributed by atoms with Gasteiger partial charge >= 0.3 is 0 Å². The van der Waals surface area contributed by atoms with Gasteiger partial charge < -0.3 is 10.6 Å². The van der Waals surface area contributed by atoms with Gasteiger partial charge in [0.2, 0.25) is 5.91 Å². The molecule has 14 heavy (non-hydrogen) atoms. The van der Waals surface area contributed by atoms with Gasteiger partial charge in [-0.2, -0.15) is 0 Å². The van der Waals surface area contributed by atoms with Gasteiger partial charge in [-0.1, -0.05) is 27.2 Å². The van der Waals surface area contributed by atoms with E-state index in [0.717, 1.165) is 25.9 Å². The zero-order valence-electron chi connectivity index (χ0n) is 9.92. The summed E-state index contributed by atoms with van der Waals surface area (Å²) < 4.78 is 0. The topological polar surface area (TPSA) is 46.3 Å². The fourth-order valence-corrected chi connectivity index (χ4v) is 1.27. The Morgan fingerprint density at radius 2 is 1.93 bits per heavy atom. The largest absolute Gasteiger partial charge is 0.342 e. The molecule has 0 radical (unpaired) electrons. The fourth-order valence-electron chi connectivity index (χ4n) is 1.27. The molecule has 0 aliphatic carbocycles. The van der Waals surface area contributed by atoms with E-state index in [1.165, 1.54) is 0 Å². The number of hydrogen-bond donors (Lipinski definition) is 1. The van der Waals surface area contributed by atoms with Crippen LogP contribution in [0.5, 0.6) is 0 Å². The highest BCUT2D eigenvalue weighted by atomic mass is 16.2. The van der Waals surface area contributed by atoms with E-state index in [4.69, 9.17) is 5.73 Å². The number of carbonyl (C=O) groups is 1. The minimum Gasteiger partial charge on any atom is -0.342 e. The third kappa shape index (κ3) is 4.09. The summed E-state index contributed by atoms with van der Waals surface area (Å²) in [6.07, 6.45) is 2.17. The van der Waals surface area contributed by atoms with Crippen molar-refractivity contribution in [2.24, 2.45) is 11.7 Å². The summed E-state index contributed by atoms with van der Waals surface area (Å²) in [5.74, 6) is 0.314. The summed E-state index contributed by atoms with van der Waals surface area (Å²) in [6.45, 7) is 9.69. The highest BCUT2D eigenvalue weighted by molar-refractivity contribution is 5.81. The van der Waals surface area contributed by atoms with Crippen LogP contribution in [0.25, 0.3) is 0 Å². The van der Waals surface area contributed by atoms with E-state index < -0.39 is 0 Å². The van der Waals surface area contributed by atoms with Gasteiger partial charge in [-0.05, 0) is 19.3 Å². The molecule has 2 N–H and O–H groups in total. The molecule has 0 spiro atoms. The molecule has 0 rings (SSSR count). The summed E-state index contributed by atoms with van der Waals surface area (Å²) in [5, 5.41) is 0. The molecule has 0 bridgehead atoms. The van der Waals surface area contributed by atoms with Crippen LogP contribution in [0, 0.1) is 5.92 Å². The molecule has 84 valence electrons. The predicted octanol–water partition coefficient (Wildman–Crippen LogP) is 1.62. The van der Waals surface area contributed by atoms with E-state index in [-0.39, 0.29) is 17.9 Å². The first-order valence-corrected chi connectivity index (χ1v) is 5.58. The lowest BCUT2D eigenvalue weighted by Gasteiger charge is -2.25. The predicted molar refractivity (Wildman–Crippen MR) is 60.0 cm³/mol. The van der Waals surface area contributed by atoms with Crippen molar-refractivity contribution in [3.63, 3.8) is 0 Å². The van der Waals surface area contributed by atoms with Crippen molar-refractivity contribution >= 4 is 5.91 Å². The lowest BCUT2D eigenvalue weighted by Crippen LogP contribution is -2.46. The Kier molecular flexibility index (Phi) is 6.54. The number of nitrogens with two attached hydrogens (primary N) is 1. The molecule has 3 heteroatoms. The van der Waals surface area contributed by atoms with Gasteiger partial charge in [-0.3, -0.25) is 4.79 Å². The maximum absolute atomic E-state index is 11.8. The summed E-state index contributed by atoms with van der Waals surface area (Å²) >= 11 is 0. The molecule has 0 fully saturated rings. The van der Waals surface area contributed by atoms with Gasteiger partial charge in [-0.15, -0.1) is 0 Å². The second-order valence-corrected chi connectivity index (χ2v) is 4.04. The van der Waals surface area contributed by atoms with Crippen molar-refractivity contribution in [1.82, 2.24) is 4.90 Å². The smallest absolute Gasteiger partial charge is 0.239 e. The SMILES string of the molecule is CCCCN(CC)C(=O)C(N)C(C)C.